The summed E-state index contributed by atoms with van der Waals surface area (Å²) in [6.07, 6.45) is 3.21. The predicted molar refractivity (Wildman–Crippen MR) is 149 cm³/mol. The number of likely N-dealkylation sites (tertiary alicyclic amines) is 1. The summed E-state index contributed by atoms with van der Waals surface area (Å²) in [5, 5.41) is 5.83. The van der Waals surface area contributed by atoms with Crippen LogP contribution in [0.15, 0.2) is 45.3 Å². The smallest absolute Gasteiger partial charge is 0.332 e. The first-order valence-electron chi connectivity index (χ1n) is 13.6. The highest BCUT2D eigenvalue weighted by molar-refractivity contribution is 5.94. The van der Waals surface area contributed by atoms with Crippen molar-refractivity contribution in [3.8, 4) is 0 Å². The lowest BCUT2D eigenvalue weighted by Crippen LogP contribution is -2.42. The van der Waals surface area contributed by atoms with Gasteiger partial charge in [-0.1, -0.05) is 13.0 Å². The number of hydrogen-bond donors (Lipinski definition) is 2. The fraction of sp³-hybridized carbons (Fsp3) is 0.444. The van der Waals surface area contributed by atoms with Crippen LogP contribution in [0.1, 0.15) is 32.0 Å². The molecule has 13 nitrogen and oxygen atoms in total. The van der Waals surface area contributed by atoms with Gasteiger partial charge in [0.15, 0.2) is 22.9 Å². The van der Waals surface area contributed by atoms with Crippen molar-refractivity contribution in [1.82, 2.24) is 33.9 Å². The number of amides is 1. The number of nitrogens with one attached hydrogen (secondary N) is 2. The molecule has 0 bridgehead atoms. The van der Waals surface area contributed by atoms with Gasteiger partial charge in [-0.05, 0) is 19.1 Å². The number of nitrogens with zero attached hydrogens (tertiary/aromatic N) is 7. The zero-order valence-electron chi connectivity index (χ0n) is 23.2. The fourth-order valence-electron chi connectivity index (χ4n) is 5.48. The molecule has 15 heteroatoms. The third kappa shape index (κ3) is 4.48. The molecular formula is C27H29F2N9O4. The number of pyridine rings is 1. The molecule has 0 radical (unpaired) electrons. The summed E-state index contributed by atoms with van der Waals surface area (Å²) < 4.78 is 30.5. The Bertz CT molecular complexity index is 1790. The van der Waals surface area contributed by atoms with Crippen LogP contribution in [-0.2, 0) is 23.2 Å². The first-order chi connectivity index (χ1) is 20.0. The normalized spacial score (nSPS) is 21.3. The van der Waals surface area contributed by atoms with Crippen LogP contribution in [0.4, 0.5) is 14.6 Å². The van der Waals surface area contributed by atoms with E-state index < -0.39 is 41.0 Å². The number of halogens is 2. The Morgan fingerprint density at radius 2 is 1.95 bits per heavy atom. The summed E-state index contributed by atoms with van der Waals surface area (Å²) in [4.78, 5) is 66.2. The van der Waals surface area contributed by atoms with Crippen LogP contribution in [0.25, 0.3) is 16.7 Å². The Morgan fingerprint density at radius 3 is 2.62 bits per heavy atom. The quantitative estimate of drug-likeness (QED) is 0.419. The molecule has 2 N–H and O–H groups in total. The summed E-state index contributed by atoms with van der Waals surface area (Å²) in [6.45, 7) is 3.69. The average Bonchev–Trinajstić information content (AvgIpc) is 3.41. The number of aryl methyl sites for hydroxylation is 1. The van der Waals surface area contributed by atoms with Crippen molar-refractivity contribution in [2.24, 2.45) is 23.9 Å². The van der Waals surface area contributed by atoms with Gasteiger partial charge in [0, 0.05) is 38.3 Å². The van der Waals surface area contributed by atoms with Crippen LogP contribution < -0.4 is 21.9 Å². The zero-order valence-corrected chi connectivity index (χ0v) is 23.2. The number of rotatable bonds is 7. The van der Waals surface area contributed by atoms with Crippen LogP contribution >= 0.6 is 0 Å². The maximum absolute atomic E-state index is 13.5. The van der Waals surface area contributed by atoms with Gasteiger partial charge in [0.25, 0.3) is 11.5 Å². The second-order valence-electron chi connectivity index (χ2n) is 10.8. The van der Waals surface area contributed by atoms with Crippen LogP contribution in [0.3, 0.4) is 0 Å². The van der Waals surface area contributed by atoms with E-state index in [9.17, 15) is 28.0 Å². The number of piperidine rings is 1. The molecule has 0 spiro atoms. The number of fused-ring (bicyclic) bond motifs is 2. The van der Waals surface area contributed by atoms with Crippen molar-refractivity contribution in [2.75, 3.05) is 25.0 Å². The number of carbonyl (C=O) groups is 2. The number of anilines is 1. The first kappa shape index (κ1) is 27.5. The van der Waals surface area contributed by atoms with Crippen molar-refractivity contribution >= 4 is 40.2 Å². The molecule has 3 atom stereocenters. The highest BCUT2D eigenvalue weighted by Crippen LogP contribution is 2.59. The molecule has 1 aliphatic carbocycles. The minimum absolute atomic E-state index is 0.0245. The van der Waals surface area contributed by atoms with Gasteiger partial charge < -0.3 is 20.1 Å². The van der Waals surface area contributed by atoms with E-state index in [-0.39, 0.29) is 55.4 Å². The van der Waals surface area contributed by atoms with Gasteiger partial charge in [0.2, 0.25) is 5.91 Å². The highest BCUT2D eigenvalue weighted by Gasteiger charge is 2.72. The summed E-state index contributed by atoms with van der Waals surface area (Å²) in [7, 11) is 1.45. The number of alkyl halides is 2. The average molecular weight is 582 g/mol. The molecule has 2 aliphatic heterocycles. The fourth-order valence-corrected chi connectivity index (χ4v) is 5.48. The molecule has 0 aromatic carbocycles. The molecule has 1 saturated carbocycles. The standard InChI is InChI=1S/C27H29F2N9O4/c1-4-16(39)10-37-24(41)21-22(35(3)26(37)42)32-13-38(21)14(2)23(40)34-20-7-5-6-19(33-20)15-8-30-25(31-9-15)36-11-17-18(12-36)27(17,28)29/h5-8,13-14,17-18H,4,9-12H2,1-3H3,(H,30,31)(H,33,34,40)/t14-,17?,18?/m0/s1. The van der Waals surface area contributed by atoms with Gasteiger partial charge in [-0.3, -0.25) is 23.5 Å². The summed E-state index contributed by atoms with van der Waals surface area (Å²) in [5.74, 6) is -3.70. The number of hydrogen-bond acceptors (Lipinski definition) is 9. The number of aromatic nitrogens is 5. The topological polar surface area (TPSA) is 149 Å². The van der Waals surface area contributed by atoms with Crippen molar-refractivity contribution in [3.05, 3.63) is 57.3 Å². The number of ketones is 1. The van der Waals surface area contributed by atoms with E-state index in [1.165, 1.54) is 22.5 Å². The summed E-state index contributed by atoms with van der Waals surface area (Å²) in [5.41, 5.74) is 0.0694. The van der Waals surface area contributed by atoms with Gasteiger partial charge in [0.1, 0.15) is 11.9 Å². The third-order valence-electron chi connectivity index (χ3n) is 8.19. The maximum Gasteiger partial charge on any atom is 0.332 e. The molecule has 42 heavy (non-hydrogen) atoms. The molecule has 220 valence electrons. The molecule has 2 fully saturated rings. The molecule has 5 heterocycles. The molecule has 3 aliphatic rings. The monoisotopic (exact) mass is 581 g/mol. The Balaban J connectivity index is 1.17. The van der Waals surface area contributed by atoms with Gasteiger partial charge in [0.05, 0.1) is 36.9 Å². The van der Waals surface area contributed by atoms with Crippen molar-refractivity contribution in [1.29, 1.82) is 0 Å². The van der Waals surface area contributed by atoms with E-state index in [1.54, 1.807) is 38.2 Å². The lowest BCUT2D eigenvalue weighted by molar-refractivity contribution is -0.120. The Labute approximate surface area is 237 Å². The van der Waals surface area contributed by atoms with Crippen LogP contribution in [0.5, 0.6) is 0 Å². The predicted octanol–water partition coefficient (Wildman–Crippen LogP) is 0.968. The molecule has 2 unspecified atom stereocenters. The van der Waals surface area contributed by atoms with Gasteiger partial charge in [-0.15, -0.1) is 0 Å². The van der Waals surface area contributed by atoms with E-state index in [1.807, 2.05) is 4.90 Å². The number of Topliss-reactive ketones (excluding diaryl/α,β-unsaturated/α-hetero) is 1. The Hall–Kier alpha value is -4.69. The number of imidazole rings is 1. The molecule has 1 amide bonds. The minimum atomic E-state index is -2.56. The van der Waals surface area contributed by atoms with E-state index in [0.717, 1.165) is 10.1 Å². The maximum atomic E-state index is 13.5. The van der Waals surface area contributed by atoms with Crippen molar-refractivity contribution < 1.29 is 18.4 Å². The molecule has 3 aromatic rings. The van der Waals surface area contributed by atoms with Gasteiger partial charge in [-0.25, -0.2) is 28.5 Å². The zero-order chi connectivity index (χ0) is 29.9. The van der Waals surface area contributed by atoms with Crippen LogP contribution in [0, 0.1) is 11.8 Å². The lowest BCUT2D eigenvalue weighted by Gasteiger charge is -2.26. The van der Waals surface area contributed by atoms with Gasteiger partial charge >= 0.3 is 5.69 Å². The third-order valence-corrected chi connectivity index (χ3v) is 8.19. The van der Waals surface area contributed by atoms with E-state index in [2.05, 4.69) is 25.6 Å². The second kappa shape index (κ2) is 9.99. The van der Waals surface area contributed by atoms with Crippen molar-refractivity contribution in [3.63, 3.8) is 0 Å². The second-order valence-corrected chi connectivity index (χ2v) is 10.8. The minimum Gasteiger partial charge on any atom is -0.342 e. The highest BCUT2D eigenvalue weighted by atomic mass is 19.3. The molecule has 1 saturated heterocycles. The van der Waals surface area contributed by atoms with Gasteiger partial charge in [-0.2, -0.15) is 0 Å². The number of aliphatic imine (C=N–C) groups is 1. The number of guanidine groups is 1. The number of carbonyl (C=O) groups excluding carboxylic acids is 2. The van der Waals surface area contributed by atoms with E-state index in [0.29, 0.717) is 11.7 Å². The SMILES string of the molecule is CCC(=O)Cn1c(=O)c2c(ncn2[C@@H](C)C(=O)Nc2cccc(C3=CNC(N4CC5C(C4)C5(F)F)=NC3)n2)n(C)c1=O. The van der Waals surface area contributed by atoms with Crippen LogP contribution in [-0.4, -0.2) is 71.8 Å². The van der Waals surface area contributed by atoms with Crippen LogP contribution in [0.2, 0.25) is 0 Å². The summed E-state index contributed by atoms with van der Waals surface area (Å²) in [6, 6.07) is 4.20. The van der Waals surface area contributed by atoms with Crippen molar-refractivity contribution in [2.45, 2.75) is 38.8 Å². The lowest BCUT2D eigenvalue weighted by atomic mass is 10.1. The van der Waals surface area contributed by atoms with E-state index in [4.69, 9.17) is 0 Å². The summed E-state index contributed by atoms with van der Waals surface area (Å²) >= 11 is 0. The molecule has 6 rings (SSSR count). The largest absolute Gasteiger partial charge is 0.342 e. The molecule has 3 aromatic heterocycles. The molecular weight excluding hydrogens is 552 g/mol. The first-order valence-corrected chi connectivity index (χ1v) is 13.6. The Kier molecular flexibility index (Phi) is 6.54. The Morgan fingerprint density at radius 1 is 1.21 bits per heavy atom. The van der Waals surface area contributed by atoms with E-state index >= 15 is 0 Å².